The van der Waals surface area contributed by atoms with Gasteiger partial charge < -0.3 is 10.5 Å². The maximum atomic E-state index is 5.97. The van der Waals surface area contributed by atoms with Crippen molar-refractivity contribution >= 4 is 32.4 Å². The number of nitrogens with zero attached hydrogens (tertiary/aromatic N) is 1. The van der Waals surface area contributed by atoms with Crippen LogP contribution in [-0.2, 0) is 0 Å². The van der Waals surface area contributed by atoms with E-state index in [1.165, 1.54) is 0 Å². The first-order valence-electron chi connectivity index (χ1n) is 5.81. The molecule has 0 aliphatic heterocycles. The fourth-order valence-corrected chi connectivity index (χ4v) is 2.27. The van der Waals surface area contributed by atoms with Crippen LogP contribution < -0.4 is 10.5 Å². The van der Waals surface area contributed by atoms with Gasteiger partial charge >= 0.3 is 0 Å². The zero-order valence-corrected chi connectivity index (χ0v) is 11.6. The zero-order chi connectivity index (χ0) is 13.2. The fourth-order valence-electron chi connectivity index (χ4n) is 1.93. The van der Waals surface area contributed by atoms with Crippen LogP contribution >= 0.6 is 15.9 Å². The number of hydrogen-bond donors (Lipinski definition) is 1. The highest BCUT2D eigenvalue weighted by molar-refractivity contribution is 9.10. The molecule has 0 saturated carbocycles. The Labute approximate surface area is 119 Å². The topological polar surface area (TPSA) is 48.1 Å². The molecule has 0 spiro atoms. The van der Waals surface area contributed by atoms with E-state index >= 15 is 0 Å². The monoisotopic (exact) mass is 314 g/mol. The Kier molecular flexibility index (Phi) is 3.09. The molecule has 2 N–H and O–H groups in total. The molecule has 0 unspecified atom stereocenters. The number of benzene rings is 2. The molecule has 0 saturated heterocycles. The van der Waals surface area contributed by atoms with Crippen LogP contribution in [0, 0.1) is 0 Å². The van der Waals surface area contributed by atoms with Gasteiger partial charge in [-0.05, 0) is 40.2 Å². The smallest absolute Gasteiger partial charge is 0.233 e. The average Bonchev–Trinajstić information content (AvgIpc) is 2.44. The van der Waals surface area contributed by atoms with E-state index in [9.17, 15) is 0 Å². The lowest BCUT2D eigenvalue weighted by Gasteiger charge is -2.10. The van der Waals surface area contributed by atoms with E-state index in [1.807, 2.05) is 48.5 Å². The lowest BCUT2D eigenvalue weighted by atomic mass is 10.1. The molecule has 19 heavy (non-hydrogen) atoms. The number of rotatable bonds is 2. The first kappa shape index (κ1) is 12.0. The Morgan fingerprint density at radius 2 is 1.74 bits per heavy atom. The van der Waals surface area contributed by atoms with Gasteiger partial charge in [0.2, 0.25) is 5.88 Å². The summed E-state index contributed by atoms with van der Waals surface area (Å²) in [6.45, 7) is 0. The highest BCUT2D eigenvalue weighted by atomic mass is 79.9. The van der Waals surface area contributed by atoms with Crippen molar-refractivity contribution in [3.8, 4) is 11.6 Å². The molecule has 0 amide bonds. The van der Waals surface area contributed by atoms with Gasteiger partial charge in [0.05, 0.1) is 4.47 Å². The maximum Gasteiger partial charge on any atom is 0.233 e. The minimum absolute atomic E-state index is 0.539. The third-order valence-electron chi connectivity index (χ3n) is 2.85. The molecule has 4 heteroatoms. The van der Waals surface area contributed by atoms with Gasteiger partial charge in [-0.1, -0.05) is 24.3 Å². The van der Waals surface area contributed by atoms with Gasteiger partial charge in [0.1, 0.15) is 5.75 Å². The molecule has 0 bridgehead atoms. The molecule has 3 rings (SSSR count). The number of halogens is 1. The predicted octanol–water partition coefficient (Wildman–Crippen LogP) is 4.37. The summed E-state index contributed by atoms with van der Waals surface area (Å²) in [6.07, 6.45) is 1.69. The van der Waals surface area contributed by atoms with Gasteiger partial charge in [0.15, 0.2) is 0 Å². The van der Waals surface area contributed by atoms with Crippen LogP contribution in [0.1, 0.15) is 0 Å². The van der Waals surface area contributed by atoms with E-state index in [0.29, 0.717) is 5.88 Å². The first-order valence-corrected chi connectivity index (χ1v) is 6.60. The minimum atomic E-state index is 0.539. The van der Waals surface area contributed by atoms with Crippen molar-refractivity contribution in [3.63, 3.8) is 0 Å². The van der Waals surface area contributed by atoms with Crippen molar-refractivity contribution in [2.24, 2.45) is 0 Å². The molecule has 3 aromatic rings. The van der Waals surface area contributed by atoms with Crippen LogP contribution in [0.25, 0.3) is 10.8 Å². The molecular weight excluding hydrogens is 304 g/mol. The van der Waals surface area contributed by atoms with Crippen LogP contribution in [0.3, 0.4) is 0 Å². The molecule has 3 nitrogen and oxygen atoms in total. The van der Waals surface area contributed by atoms with Gasteiger partial charge in [-0.15, -0.1) is 0 Å². The van der Waals surface area contributed by atoms with E-state index in [1.54, 1.807) is 6.20 Å². The lowest BCUT2D eigenvalue weighted by Crippen LogP contribution is -1.92. The van der Waals surface area contributed by atoms with Crippen molar-refractivity contribution in [1.29, 1.82) is 0 Å². The Morgan fingerprint density at radius 3 is 2.53 bits per heavy atom. The van der Waals surface area contributed by atoms with Crippen molar-refractivity contribution in [2.45, 2.75) is 0 Å². The van der Waals surface area contributed by atoms with E-state index in [2.05, 4.69) is 20.9 Å². The summed E-state index contributed by atoms with van der Waals surface area (Å²) in [5.74, 6) is 1.28. The molecule has 1 aromatic heterocycles. The summed E-state index contributed by atoms with van der Waals surface area (Å²) < 4.78 is 6.68. The van der Waals surface area contributed by atoms with Crippen LogP contribution in [0.4, 0.5) is 5.69 Å². The summed E-state index contributed by atoms with van der Waals surface area (Å²) in [6, 6.07) is 15.3. The number of hydrogen-bond acceptors (Lipinski definition) is 3. The molecule has 1 heterocycles. The van der Waals surface area contributed by atoms with Crippen molar-refractivity contribution in [1.82, 2.24) is 4.98 Å². The number of nitrogens with two attached hydrogens (primary N) is 1. The fraction of sp³-hybridized carbons (Fsp3) is 0. The predicted molar refractivity (Wildman–Crippen MR) is 80.4 cm³/mol. The Hall–Kier alpha value is -2.07. The van der Waals surface area contributed by atoms with E-state index in [4.69, 9.17) is 10.5 Å². The number of anilines is 1. The molecule has 0 aliphatic rings. The van der Waals surface area contributed by atoms with Crippen LogP contribution in [-0.4, -0.2) is 4.98 Å². The second-order valence-electron chi connectivity index (χ2n) is 4.09. The Morgan fingerprint density at radius 1 is 0.947 bits per heavy atom. The van der Waals surface area contributed by atoms with E-state index in [0.717, 1.165) is 26.7 Å². The summed E-state index contributed by atoms with van der Waals surface area (Å²) in [7, 11) is 0. The third-order valence-corrected chi connectivity index (χ3v) is 3.45. The number of aromatic nitrogens is 1. The summed E-state index contributed by atoms with van der Waals surface area (Å²) in [5, 5.41) is 1.95. The quantitative estimate of drug-likeness (QED) is 0.714. The highest BCUT2D eigenvalue weighted by Crippen LogP contribution is 2.34. The number of ether oxygens (including phenoxy) is 1. The van der Waals surface area contributed by atoms with E-state index < -0.39 is 0 Å². The SMILES string of the molecule is Nc1ccc(Oc2ncccc2Br)c2ccccc12. The van der Waals surface area contributed by atoms with Crippen molar-refractivity contribution in [3.05, 3.63) is 59.2 Å². The molecule has 2 aromatic carbocycles. The van der Waals surface area contributed by atoms with Crippen LogP contribution in [0.15, 0.2) is 59.2 Å². The van der Waals surface area contributed by atoms with Gasteiger partial charge in [0.25, 0.3) is 0 Å². The van der Waals surface area contributed by atoms with Gasteiger partial charge in [0, 0.05) is 22.7 Å². The summed E-state index contributed by atoms with van der Waals surface area (Å²) in [5.41, 5.74) is 6.71. The molecule has 94 valence electrons. The second-order valence-corrected chi connectivity index (χ2v) is 4.95. The molecule has 0 atom stereocenters. The largest absolute Gasteiger partial charge is 0.437 e. The average molecular weight is 315 g/mol. The third kappa shape index (κ3) is 2.27. The highest BCUT2D eigenvalue weighted by Gasteiger charge is 2.08. The number of pyridine rings is 1. The second kappa shape index (κ2) is 4.90. The van der Waals surface area contributed by atoms with Gasteiger partial charge in [-0.2, -0.15) is 0 Å². The van der Waals surface area contributed by atoms with E-state index in [-0.39, 0.29) is 0 Å². The number of fused-ring (bicyclic) bond motifs is 1. The van der Waals surface area contributed by atoms with Crippen LogP contribution in [0.2, 0.25) is 0 Å². The standard InChI is InChI=1S/C15H11BrN2O/c16-12-6-3-9-18-15(12)19-14-8-7-13(17)10-4-1-2-5-11(10)14/h1-9H,17H2. The van der Waals surface area contributed by atoms with Crippen molar-refractivity contribution in [2.75, 3.05) is 5.73 Å². The van der Waals surface area contributed by atoms with Crippen molar-refractivity contribution < 1.29 is 4.74 Å². The Balaban J connectivity index is 2.12. The Bertz CT molecular complexity index is 743. The normalized spacial score (nSPS) is 10.6. The van der Waals surface area contributed by atoms with Gasteiger partial charge in [-0.3, -0.25) is 0 Å². The lowest BCUT2D eigenvalue weighted by molar-refractivity contribution is 0.465. The summed E-state index contributed by atoms with van der Waals surface area (Å²) >= 11 is 3.42. The minimum Gasteiger partial charge on any atom is -0.437 e. The van der Waals surface area contributed by atoms with Crippen LogP contribution in [0.5, 0.6) is 11.6 Å². The number of nitrogen functional groups attached to an aromatic ring is 1. The summed E-state index contributed by atoms with van der Waals surface area (Å²) in [4.78, 5) is 4.20. The van der Waals surface area contributed by atoms with Gasteiger partial charge in [-0.25, -0.2) is 4.98 Å². The molecule has 0 radical (unpaired) electrons. The zero-order valence-electron chi connectivity index (χ0n) is 10.0. The molecular formula is C15H11BrN2O. The maximum absolute atomic E-state index is 5.97. The molecule has 0 aliphatic carbocycles. The molecule has 0 fully saturated rings. The first-order chi connectivity index (χ1) is 9.25.